The fraction of sp³-hybridized carbons (Fsp3) is 0.364. The summed E-state index contributed by atoms with van der Waals surface area (Å²) in [6.07, 6.45) is 0.473. The lowest BCUT2D eigenvalue weighted by atomic mass is 10.2. The van der Waals surface area contributed by atoms with Crippen LogP contribution in [0, 0.1) is 0 Å². The summed E-state index contributed by atoms with van der Waals surface area (Å²) in [5.41, 5.74) is 1.03. The molecule has 0 atom stereocenters. The number of ether oxygens (including phenoxy) is 1. The lowest BCUT2D eigenvalue weighted by Crippen LogP contribution is -2.00. The monoisotopic (exact) mass is 212 g/mol. The van der Waals surface area contributed by atoms with E-state index < -0.39 is 0 Å². The van der Waals surface area contributed by atoms with E-state index in [-0.39, 0.29) is 5.78 Å². The average molecular weight is 213 g/mol. The Bertz CT molecular complexity index is 310. The van der Waals surface area contributed by atoms with Gasteiger partial charge in [0.05, 0.1) is 13.2 Å². The van der Waals surface area contributed by atoms with Gasteiger partial charge in [-0.2, -0.15) is 0 Å². The van der Waals surface area contributed by atoms with Gasteiger partial charge in [0.15, 0.2) is 0 Å². The second kappa shape index (κ2) is 5.78. The van der Waals surface area contributed by atoms with E-state index in [2.05, 4.69) is 0 Å². The van der Waals surface area contributed by atoms with E-state index in [1.54, 1.807) is 6.92 Å². The van der Waals surface area contributed by atoms with Crippen molar-refractivity contribution >= 4 is 17.4 Å². The van der Waals surface area contributed by atoms with Gasteiger partial charge in [0.25, 0.3) is 0 Å². The summed E-state index contributed by atoms with van der Waals surface area (Å²) < 4.78 is 5.31. The van der Waals surface area contributed by atoms with Crippen molar-refractivity contribution < 1.29 is 9.53 Å². The van der Waals surface area contributed by atoms with Gasteiger partial charge in [-0.05, 0) is 24.6 Å². The summed E-state index contributed by atoms with van der Waals surface area (Å²) >= 11 is 5.80. The Hall–Kier alpha value is -0.860. The van der Waals surface area contributed by atoms with Crippen LogP contribution >= 0.6 is 11.6 Å². The zero-order valence-corrected chi connectivity index (χ0v) is 8.88. The first-order valence-electron chi connectivity index (χ1n) is 4.50. The molecule has 0 saturated heterocycles. The molecule has 1 rings (SSSR count). The highest BCUT2D eigenvalue weighted by atomic mass is 35.5. The number of hydrogen-bond acceptors (Lipinski definition) is 2. The van der Waals surface area contributed by atoms with Crippen molar-refractivity contribution in [3.63, 3.8) is 0 Å². The fourth-order valence-electron chi connectivity index (χ4n) is 1.03. The third-order valence-electron chi connectivity index (χ3n) is 1.76. The molecule has 0 saturated carbocycles. The van der Waals surface area contributed by atoms with E-state index >= 15 is 0 Å². The van der Waals surface area contributed by atoms with Crippen LogP contribution in [0.5, 0.6) is 0 Å². The van der Waals surface area contributed by atoms with Crippen LogP contribution < -0.4 is 0 Å². The minimum atomic E-state index is 0.149. The molecule has 0 aliphatic rings. The Kier molecular flexibility index (Phi) is 4.63. The van der Waals surface area contributed by atoms with Gasteiger partial charge >= 0.3 is 0 Å². The number of hydrogen-bond donors (Lipinski definition) is 0. The van der Waals surface area contributed by atoms with E-state index in [0.717, 1.165) is 5.56 Å². The Morgan fingerprint density at radius 1 is 1.50 bits per heavy atom. The molecule has 0 aliphatic carbocycles. The summed E-state index contributed by atoms with van der Waals surface area (Å²) in [7, 11) is 0. The first-order valence-corrected chi connectivity index (χ1v) is 4.88. The predicted molar refractivity (Wildman–Crippen MR) is 56.4 cm³/mol. The van der Waals surface area contributed by atoms with Crippen LogP contribution in [0.15, 0.2) is 24.3 Å². The number of benzene rings is 1. The largest absolute Gasteiger partial charge is 0.376 e. The molecule has 0 aliphatic heterocycles. The molecule has 0 radical (unpaired) electrons. The first kappa shape index (κ1) is 11.2. The Morgan fingerprint density at radius 3 is 2.93 bits per heavy atom. The van der Waals surface area contributed by atoms with Crippen LogP contribution in [-0.2, 0) is 16.1 Å². The van der Waals surface area contributed by atoms with E-state index in [0.29, 0.717) is 24.7 Å². The molecule has 1 aromatic carbocycles. The maximum absolute atomic E-state index is 10.6. The van der Waals surface area contributed by atoms with Crippen LogP contribution in [0.25, 0.3) is 0 Å². The quantitative estimate of drug-likeness (QED) is 0.702. The molecule has 0 heterocycles. The molecule has 0 bridgehead atoms. The van der Waals surface area contributed by atoms with Crippen molar-refractivity contribution in [1.29, 1.82) is 0 Å². The van der Waals surface area contributed by atoms with Crippen molar-refractivity contribution in [2.24, 2.45) is 0 Å². The summed E-state index contributed by atoms with van der Waals surface area (Å²) in [6.45, 7) is 2.54. The van der Waals surface area contributed by atoms with Gasteiger partial charge in [-0.15, -0.1) is 0 Å². The standard InChI is InChI=1S/C11H13ClO2/c1-9(13)5-6-14-8-10-3-2-4-11(12)7-10/h2-4,7H,5-6,8H2,1H3. The molecular weight excluding hydrogens is 200 g/mol. The zero-order chi connectivity index (χ0) is 10.4. The fourth-order valence-corrected chi connectivity index (χ4v) is 1.25. The number of halogens is 1. The van der Waals surface area contributed by atoms with Crippen molar-refractivity contribution in [3.8, 4) is 0 Å². The van der Waals surface area contributed by atoms with Gasteiger partial charge in [-0.25, -0.2) is 0 Å². The molecule has 0 amide bonds. The van der Waals surface area contributed by atoms with Gasteiger partial charge in [0.2, 0.25) is 0 Å². The highest BCUT2D eigenvalue weighted by Crippen LogP contribution is 2.11. The van der Waals surface area contributed by atoms with Gasteiger partial charge in [0.1, 0.15) is 5.78 Å². The maximum Gasteiger partial charge on any atom is 0.132 e. The first-order chi connectivity index (χ1) is 6.68. The Labute approximate surface area is 88.8 Å². The minimum absolute atomic E-state index is 0.149. The maximum atomic E-state index is 10.6. The highest BCUT2D eigenvalue weighted by molar-refractivity contribution is 6.30. The van der Waals surface area contributed by atoms with Crippen molar-refractivity contribution in [2.45, 2.75) is 20.0 Å². The Balaban J connectivity index is 2.28. The van der Waals surface area contributed by atoms with Crippen LogP contribution in [0.1, 0.15) is 18.9 Å². The lowest BCUT2D eigenvalue weighted by Gasteiger charge is -2.03. The third kappa shape index (κ3) is 4.40. The average Bonchev–Trinajstić information content (AvgIpc) is 2.12. The highest BCUT2D eigenvalue weighted by Gasteiger charge is 1.96. The summed E-state index contributed by atoms with van der Waals surface area (Å²) in [6, 6.07) is 7.50. The molecule has 3 heteroatoms. The molecule has 0 spiro atoms. The molecule has 0 N–H and O–H groups in total. The normalized spacial score (nSPS) is 10.1. The van der Waals surface area contributed by atoms with E-state index in [9.17, 15) is 4.79 Å². The minimum Gasteiger partial charge on any atom is -0.376 e. The van der Waals surface area contributed by atoms with Crippen LogP contribution in [0.4, 0.5) is 0 Å². The topological polar surface area (TPSA) is 26.3 Å². The van der Waals surface area contributed by atoms with Crippen LogP contribution in [0.2, 0.25) is 5.02 Å². The molecule has 0 aromatic heterocycles. The molecular formula is C11H13ClO2. The Morgan fingerprint density at radius 2 is 2.29 bits per heavy atom. The van der Waals surface area contributed by atoms with Gasteiger partial charge in [0, 0.05) is 11.4 Å². The smallest absolute Gasteiger partial charge is 0.132 e. The summed E-state index contributed by atoms with van der Waals surface area (Å²) in [5, 5.41) is 0.706. The van der Waals surface area contributed by atoms with Crippen LogP contribution in [-0.4, -0.2) is 12.4 Å². The molecule has 2 nitrogen and oxygen atoms in total. The summed E-state index contributed by atoms with van der Waals surface area (Å²) in [4.78, 5) is 10.6. The van der Waals surface area contributed by atoms with Crippen molar-refractivity contribution in [1.82, 2.24) is 0 Å². The van der Waals surface area contributed by atoms with E-state index in [4.69, 9.17) is 16.3 Å². The predicted octanol–water partition coefficient (Wildman–Crippen LogP) is 2.84. The van der Waals surface area contributed by atoms with Crippen molar-refractivity contribution in [2.75, 3.05) is 6.61 Å². The number of rotatable bonds is 5. The number of carbonyl (C=O) groups is 1. The SMILES string of the molecule is CC(=O)CCOCc1cccc(Cl)c1. The van der Waals surface area contributed by atoms with Gasteiger partial charge in [-0.1, -0.05) is 23.7 Å². The lowest BCUT2D eigenvalue weighted by molar-refractivity contribution is -0.118. The van der Waals surface area contributed by atoms with Gasteiger partial charge in [-0.3, -0.25) is 4.79 Å². The molecule has 1 aromatic rings. The van der Waals surface area contributed by atoms with Gasteiger partial charge < -0.3 is 4.74 Å². The molecule has 0 fully saturated rings. The van der Waals surface area contributed by atoms with Crippen LogP contribution in [0.3, 0.4) is 0 Å². The molecule has 0 unspecified atom stereocenters. The third-order valence-corrected chi connectivity index (χ3v) is 1.99. The number of carbonyl (C=O) groups excluding carboxylic acids is 1. The van der Waals surface area contributed by atoms with Crippen molar-refractivity contribution in [3.05, 3.63) is 34.9 Å². The second-order valence-corrected chi connectivity index (χ2v) is 3.57. The number of Topliss-reactive ketones (excluding diaryl/α,β-unsaturated/α-hetero) is 1. The zero-order valence-electron chi connectivity index (χ0n) is 8.13. The summed E-state index contributed by atoms with van der Waals surface area (Å²) in [5.74, 6) is 0.149. The second-order valence-electron chi connectivity index (χ2n) is 3.13. The molecule has 14 heavy (non-hydrogen) atoms. The van der Waals surface area contributed by atoms with E-state index in [1.165, 1.54) is 0 Å². The molecule has 76 valence electrons. The van der Waals surface area contributed by atoms with E-state index in [1.807, 2.05) is 24.3 Å². The number of ketones is 1.